The van der Waals surface area contributed by atoms with Gasteiger partial charge in [0.25, 0.3) is 0 Å². The summed E-state index contributed by atoms with van der Waals surface area (Å²) in [5.41, 5.74) is 1.09. The van der Waals surface area contributed by atoms with E-state index in [1.807, 2.05) is 13.0 Å². The fourth-order valence-corrected chi connectivity index (χ4v) is 2.50. The molecule has 1 aliphatic carbocycles. The van der Waals surface area contributed by atoms with Crippen LogP contribution in [0.4, 0.5) is 11.8 Å². The van der Waals surface area contributed by atoms with Crippen LogP contribution < -0.4 is 10.6 Å². The molecule has 1 aliphatic heterocycles. The van der Waals surface area contributed by atoms with Gasteiger partial charge in [-0.2, -0.15) is 4.98 Å². The van der Waals surface area contributed by atoms with Crippen LogP contribution in [0.5, 0.6) is 0 Å². The molecule has 0 bridgehead atoms. The summed E-state index contributed by atoms with van der Waals surface area (Å²) in [4.78, 5) is 9.05. The number of aromatic nitrogens is 2. The van der Waals surface area contributed by atoms with E-state index >= 15 is 0 Å². The van der Waals surface area contributed by atoms with Crippen molar-refractivity contribution in [2.75, 3.05) is 30.4 Å². The summed E-state index contributed by atoms with van der Waals surface area (Å²) < 4.78 is 5.62. The molecule has 1 aromatic rings. The van der Waals surface area contributed by atoms with Crippen molar-refractivity contribution in [1.82, 2.24) is 9.97 Å². The van der Waals surface area contributed by atoms with Gasteiger partial charge in [0.2, 0.25) is 5.95 Å². The molecule has 3 N–H and O–H groups in total. The molecule has 2 fully saturated rings. The van der Waals surface area contributed by atoms with Crippen LogP contribution >= 0.6 is 0 Å². The maximum absolute atomic E-state index is 9.15. The smallest absolute Gasteiger partial charge is 0.225 e. The molecular formula is C15H24N4O2. The Balaban J connectivity index is 1.68. The van der Waals surface area contributed by atoms with Gasteiger partial charge in [0.15, 0.2) is 0 Å². The molecule has 0 amide bonds. The van der Waals surface area contributed by atoms with Crippen molar-refractivity contribution < 1.29 is 9.84 Å². The Morgan fingerprint density at radius 2 is 2.24 bits per heavy atom. The van der Waals surface area contributed by atoms with Gasteiger partial charge in [-0.1, -0.05) is 0 Å². The van der Waals surface area contributed by atoms with E-state index in [2.05, 4.69) is 20.6 Å². The van der Waals surface area contributed by atoms with Gasteiger partial charge in [-0.25, -0.2) is 4.98 Å². The third kappa shape index (κ3) is 4.04. The predicted molar refractivity (Wildman–Crippen MR) is 81.6 cm³/mol. The number of nitrogens with one attached hydrogen (secondary N) is 2. The Morgan fingerprint density at radius 1 is 1.38 bits per heavy atom. The second-order valence-electron chi connectivity index (χ2n) is 6.02. The Bertz CT molecular complexity index is 473. The first-order valence-corrected chi connectivity index (χ1v) is 7.86. The lowest BCUT2D eigenvalue weighted by Gasteiger charge is -2.15. The van der Waals surface area contributed by atoms with Crippen molar-refractivity contribution in [3.63, 3.8) is 0 Å². The van der Waals surface area contributed by atoms with Crippen molar-refractivity contribution in [3.8, 4) is 0 Å². The minimum absolute atomic E-state index is 0.0505. The van der Waals surface area contributed by atoms with E-state index in [1.54, 1.807) is 0 Å². The minimum atomic E-state index is -0.0505. The monoisotopic (exact) mass is 292 g/mol. The van der Waals surface area contributed by atoms with Crippen LogP contribution in [0.15, 0.2) is 6.07 Å². The maximum Gasteiger partial charge on any atom is 0.225 e. The van der Waals surface area contributed by atoms with Gasteiger partial charge in [0, 0.05) is 31.2 Å². The van der Waals surface area contributed by atoms with Gasteiger partial charge in [-0.3, -0.25) is 0 Å². The molecule has 2 aliphatic rings. The summed E-state index contributed by atoms with van der Waals surface area (Å²) in [5, 5.41) is 15.7. The van der Waals surface area contributed by atoms with Crippen molar-refractivity contribution in [2.24, 2.45) is 0 Å². The van der Waals surface area contributed by atoms with Gasteiger partial charge in [0.1, 0.15) is 5.82 Å². The molecule has 1 saturated carbocycles. The van der Waals surface area contributed by atoms with Crippen LogP contribution in [-0.4, -0.2) is 47.0 Å². The van der Waals surface area contributed by atoms with E-state index < -0.39 is 0 Å². The van der Waals surface area contributed by atoms with Crippen molar-refractivity contribution in [3.05, 3.63) is 11.8 Å². The number of anilines is 2. The zero-order valence-electron chi connectivity index (χ0n) is 12.5. The van der Waals surface area contributed by atoms with Gasteiger partial charge in [-0.15, -0.1) is 0 Å². The normalized spacial score (nSPS) is 23.0. The Labute approximate surface area is 125 Å². The highest BCUT2D eigenvalue weighted by atomic mass is 16.5. The molecule has 2 atom stereocenters. The first kappa shape index (κ1) is 14.5. The first-order valence-electron chi connectivity index (χ1n) is 7.86. The Hall–Kier alpha value is -1.40. The highest BCUT2D eigenvalue weighted by molar-refractivity contribution is 5.44. The summed E-state index contributed by atoms with van der Waals surface area (Å²) in [6, 6.07) is 1.99. The van der Waals surface area contributed by atoms with E-state index in [0.717, 1.165) is 37.5 Å². The second kappa shape index (κ2) is 6.58. The summed E-state index contributed by atoms with van der Waals surface area (Å²) in [6.45, 7) is 3.63. The molecule has 1 aromatic heterocycles. The maximum atomic E-state index is 9.15. The number of aliphatic hydroxyl groups is 1. The quantitative estimate of drug-likeness (QED) is 0.710. The molecule has 0 unspecified atom stereocenters. The molecule has 2 heterocycles. The fourth-order valence-electron chi connectivity index (χ4n) is 2.50. The Morgan fingerprint density at radius 3 is 2.90 bits per heavy atom. The Kier molecular flexibility index (Phi) is 4.55. The molecule has 6 heteroatoms. The highest BCUT2D eigenvalue weighted by Crippen LogP contribution is 2.39. The molecule has 0 radical (unpaired) electrons. The van der Waals surface area contributed by atoms with Crippen molar-refractivity contribution in [2.45, 2.75) is 50.7 Å². The van der Waals surface area contributed by atoms with E-state index in [4.69, 9.17) is 9.84 Å². The summed E-state index contributed by atoms with van der Waals surface area (Å²) in [7, 11) is 0. The van der Waals surface area contributed by atoms with Crippen LogP contribution in [0.2, 0.25) is 0 Å². The summed E-state index contributed by atoms with van der Waals surface area (Å²) in [5.74, 6) is 2.01. The molecule has 6 nitrogen and oxygen atoms in total. The zero-order chi connectivity index (χ0) is 14.7. The van der Waals surface area contributed by atoms with Crippen LogP contribution in [0, 0.1) is 0 Å². The van der Waals surface area contributed by atoms with Gasteiger partial charge >= 0.3 is 0 Å². The van der Waals surface area contributed by atoms with E-state index in [1.165, 1.54) is 12.8 Å². The zero-order valence-corrected chi connectivity index (χ0v) is 12.5. The van der Waals surface area contributed by atoms with Crippen molar-refractivity contribution in [1.29, 1.82) is 0 Å². The number of hydrogen-bond donors (Lipinski definition) is 3. The van der Waals surface area contributed by atoms with Gasteiger partial charge < -0.3 is 20.5 Å². The number of ether oxygens (including phenoxy) is 1. The largest absolute Gasteiger partial charge is 0.394 e. The average Bonchev–Trinajstić information content (AvgIpc) is 3.21. The molecule has 0 spiro atoms. The standard InChI is InChI=1S/C15H24N4O2/c1-10(9-20)17-15-18-13(11-4-5-11)7-14(19-15)16-8-12-3-2-6-21-12/h7,10-12,20H,2-6,8-9H2,1H3,(H2,16,17,18,19)/t10-,12+/m0/s1. The predicted octanol–water partition coefficient (Wildman–Crippen LogP) is 1.74. The highest BCUT2D eigenvalue weighted by Gasteiger charge is 2.26. The molecule has 1 saturated heterocycles. The SMILES string of the molecule is C[C@@H](CO)Nc1nc(NC[C@H]2CCCO2)cc(C2CC2)n1. The van der Waals surface area contributed by atoms with Crippen LogP contribution in [0.1, 0.15) is 44.2 Å². The molecule has 3 rings (SSSR count). The summed E-state index contributed by atoms with van der Waals surface area (Å²) in [6.07, 6.45) is 4.95. The summed E-state index contributed by atoms with van der Waals surface area (Å²) >= 11 is 0. The molecule has 21 heavy (non-hydrogen) atoms. The van der Waals surface area contributed by atoms with Gasteiger partial charge in [0.05, 0.1) is 18.4 Å². The third-order valence-corrected chi connectivity index (χ3v) is 3.93. The lowest BCUT2D eigenvalue weighted by molar-refractivity contribution is 0.120. The van der Waals surface area contributed by atoms with Crippen LogP contribution in [-0.2, 0) is 4.74 Å². The lowest BCUT2D eigenvalue weighted by atomic mass is 10.2. The van der Waals surface area contributed by atoms with E-state index in [-0.39, 0.29) is 18.8 Å². The van der Waals surface area contributed by atoms with Crippen molar-refractivity contribution >= 4 is 11.8 Å². The fraction of sp³-hybridized carbons (Fsp3) is 0.733. The molecule has 0 aromatic carbocycles. The second-order valence-corrected chi connectivity index (χ2v) is 6.02. The molecule has 116 valence electrons. The lowest BCUT2D eigenvalue weighted by Crippen LogP contribution is -2.23. The topological polar surface area (TPSA) is 79.3 Å². The van der Waals surface area contributed by atoms with Gasteiger partial charge in [-0.05, 0) is 32.6 Å². The van der Waals surface area contributed by atoms with E-state index in [9.17, 15) is 0 Å². The number of nitrogens with zero attached hydrogens (tertiary/aromatic N) is 2. The number of rotatable bonds is 7. The average molecular weight is 292 g/mol. The first-order chi connectivity index (χ1) is 10.2. The molecular weight excluding hydrogens is 268 g/mol. The number of hydrogen-bond acceptors (Lipinski definition) is 6. The van der Waals surface area contributed by atoms with Crippen LogP contribution in [0.3, 0.4) is 0 Å². The number of aliphatic hydroxyl groups excluding tert-OH is 1. The minimum Gasteiger partial charge on any atom is -0.394 e. The van der Waals surface area contributed by atoms with Crippen LogP contribution in [0.25, 0.3) is 0 Å². The third-order valence-electron chi connectivity index (χ3n) is 3.93. The van der Waals surface area contributed by atoms with E-state index in [0.29, 0.717) is 11.9 Å².